The van der Waals surface area contributed by atoms with Crippen molar-refractivity contribution in [3.05, 3.63) is 34.9 Å². The first kappa shape index (κ1) is 15.1. The number of hydrogen-bond donors (Lipinski definition) is 1. The van der Waals surface area contributed by atoms with Crippen LogP contribution in [-0.4, -0.2) is 31.1 Å². The van der Waals surface area contributed by atoms with E-state index >= 15 is 0 Å². The molecule has 1 saturated heterocycles. The van der Waals surface area contributed by atoms with Gasteiger partial charge in [0.25, 0.3) is 0 Å². The van der Waals surface area contributed by atoms with Crippen LogP contribution in [0.25, 0.3) is 0 Å². The van der Waals surface area contributed by atoms with Crippen molar-refractivity contribution >= 4 is 0 Å². The summed E-state index contributed by atoms with van der Waals surface area (Å²) < 4.78 is 0. The average molecular weight is 286 g/mol. The minimum Gasteiger partial charge on any atom is -0.314 e. The highest BCUT2D eigenvalue weighted by Crippen LogP contribution is 2.38. The number of rotatable bonds is 3. The molecule has 2 heteroatoms. The van der Waals surface area contributed by atoms with E-state index in [0.717, 1.165) is 19.0 Å². The summed E-state index contributed by atoms with van der Waals surface area (Å²) in [4.78, 5) is 2.75. The van der Waals surface area contributed by atoms with Gasteiger partial charge in [-0.25, -0.2) is 0 Å². The molecule has 1 aliphatic carbocycles. The van der Waals surface area contributed by atoms with Crippen molar-refractivity contribution in [3.63, 3.8) is 0 Å². The molecule has 0 unspecified atom stereocenters. The van der Waals surface area contributed by atoms with E-state index in [1.165, 1.54) is 56.3 Å². The minimum atomic E-state index is 0.645. The smallest absolute Gasteiger partial charge is 0.0377 e. The van der Waals surface area contributed by atoms with E-state index in [4.69, 9.17) is 0 Å². The van der Waals surface area contributed by atoms with E-state index in [-0.39, 0.29) is 0 Å². The van der Waals surface area contributed by atoms with Crippen LogP contribution >= 0.6 is 0 Å². The fraction of sp³-hybridized carbons (Fsp3) is 0.684. The van der Waals surface area contributed by atoms with E-state index in [9.17, 15) is 0 Å². The lowest BCUT2D eigenvalue weighted by atomic mass is 9.79. The van der Waals surface area contributed by atoms with Gasteiger partial charge in [0.15, 0.2) is 0 Å². The molecule has 0 radical (unpaired) electrons. The predicted octanol–water partition coefficient (Wildman–Crippen LogP) is 3.83. The zero-order valence-corrected chi connectivity index (χ0v) is 13.7. The van der Waals surface area contributed by atoms with Gasteiger partial charge < -0.3 is 5.32 Å². The van der Waals surface area contributed by atoms with Crippen LogP contribution in [0.5, 0.6) is 0 Å². The van der Waals surface area contributed by atoms with Crippen LogP contribution in [0.3, 0.4) is 0 Å². The largest absolute Gasteiger partial charge is 0.314 e. The molecule has 1 saturated carbocycles. The Bertz CT molecular complexity index is 439. The molecule has 0 aromatic heterocycles. The topological polar surface area (TPSA) is 15.3 Å². The second-order valence-corrected chi connectivity index (χ2v) is 6.97. The van der Waals surface area contributed by atoms with Gasteiger partial charge >= 0.3 is 0 Å². The summed E-state index contributed by atoms with van der Waals surface area (Å²) in [6, 6.07) is 7.81. The van der Waals surface area contributed by atoms with Crippen molar-refractivity contribution in [3.8, 4) is 0 Å². The second kappa shape index (κ2) is 6.93. The van der Waals surface area contributed by atoms with E-state index < -0.39 is 0 Å². The van der Waals surface area contributed by atoms with Gasteiger partial charge in [0, 0.05) is 32.2 Å². The van der Waals surface area contributed by atoms with Crippen molar-refractivity contribution < 1.29 is 0 Å². The Morgan fingerprint density at radius 1 is 1.00 bits per heavy atom. The number of piperazine rings is 1. The van der Waals surface area contributed by atoms with Gasteiger partial charge in [-0.3, -0.25) is 4.90 Å². The van der Waals surface area contributed by atoms with Gasteiger partial charge in [0.2, 0.25) is 0 Å². The molecule has 1 heterocycles. The predicted molar refractivity (Wildman–Crippen MR) is 89.7 cm³/mol. The molecule has 1 aromatic rings. The summed E-state index contributed by atoms with van der Waals surface area (Å²) in [6.45, 7) is 9.18. The van der Waals surface area contributed by atoms with Crippen LogP contribution in [0.1, 0.15) is 54.8 Å². The van der Waals surface area contributed by atoms with Crippen LogP contribution in [0, 0.1) is 19.8 Å². The van der Waals surface area contributed by atoms with Gasteiger partial charge in [-0.2, -0.15) is 0 Å². The standard InChI is InChI=1S/C19H30N2/c1-15-8-9-18(14-16(15)2)19(17-6-4-3-5-7-17)21-12-10-20-11-13-21/h8-9,14,17,19-20H,3-7,10-13H2,1-2H3/t19-/m0/s1. The summed E-state index contributed by atoms with van der Waals surface area (Å²) in [5, 5.41) is 3.50. The van der Waals surface area contributed by atoms with Crippen LogP contribution in [0.15, 0.2) is 18.2 Å². The average Bonchev–Trinajstić information content (AvgIpc) is 2.53. The third kappa shape index (κ3) is 3.49. The molecule has 1 atom stereocenters. The third-order valence-corrected chi connectivity index (χ3v) is 5.51. The van der Waals surface area contributed by atoms with Crippen LogP contribution in [0.4, 0.5) is 0 Å². The van der Waals surface area contributed by atoms with E-state index in [1.54, 1.807) is 5.56 Å². The van der Waals surface area contributed by atoms with Gasteiger partial charge in [-0.1, -0.05) is 37.5 Å². The summed E-state index contributed by atoms with van der Waals surface area (Å²) in [5.74, 6) is 0.860. The first-order valence-electron chi connectivity index (χ1n) is 8.77. The molecular formula is C19H30N2. The van der Waals surface area contributed by atoms with Crippen molar-refractivity contribution in [1.29, 1.82) is 0 Å². The molecular weight excluding hydrogens is 256 g/mol. The Hall–Kier alpha value is -0.860. The van der Waals surface area contributed by atoms with E-state index in [2.05, 4.69) is 42.3 Å². The van der Waals surface area contributed by atoms with Crippen molar-refractivity contribution in [2.45, 2.75) is 52.0 Å². The fourth-order valence-electron chi connectivity index (χ4n) is 4.14. The molecule has 0 amide bonds. The van der Waals surface area contributed by atoms with Crippen LogP contribution in [-0.2, 0) is 0 Å². The Kier molecular flexibility index (Phi) is 4.97. The zero-order chi connectivity index (χ0) is 14.7. The lowest BCUT2D eigenvalue weighted by molar-refractivity contribution is 0.103. The van der Waals surface area contributed by atoms with Gasteiger partial charge in [0.1, 0.15) is 0 Å². The number of aryl methyl sites for hydroxylation is 2. The maximum Gasteiger partial charge on any atom is 0.0377 e. The van der Waals surface area contributed by atoms with E-state index in [0.29, 0.717) is 6.04 Å². The molecule has 2 nitrogen and oxygen atoms in total. The molecule has 2 fully saturated rings. The van der Waals surface area contributed by atoms with Crippen LogP contribution < -0.4 is 5.32 Å². The van der Waals surface area contributed by atoms with Crippen molar-refractivity contribution in [2.24, 2.45) is 5.92 Å². The number of hydrogen-bond acceptors (Lipinski definition) is 2. The molecule has 3 rings (SSSR count). The molecule has 21 heavy (non-hydrogen) atoms. The Morgan fingerprint density at radius 3 is 2.38 bits per heavy atom. The Morgan fingerprint density at radius 2 is 1.71 bits per heavy atom. The molecule has 116 valence electrons. The molecule has 1 N–H and O–H groups in total. The zero-order valence-electron chi connectivity index (χ0n) is 13.7. The quantitative estimate of drug-likeness (QED) is 0.908. The minimum absolute atomic E-state index is 0.645. The number of nitrogens with one attached hydrogen (secondary N) is 1. The highest BCUT2D eigenvalue weighted by atomic mass is 15.2. The van der Waals surface area contributed by atoms with Gasteiger partial charge in [-0.05, 0) is 49.3 Å². The lowest BCUT2D eigenvalue weighted by Gasteiger charge is -2.41. The summed E-state index contributed by atoms with van der Waals surface area (Å²) in [6.07, 6.45) is 7.14. The molecule has 1 aromatic carbocycles. The Balaban J connectivity index is 1.87. The Labute approximate surface area is 129 Å². The highest BCUT2D eigenvalue weighted by Gasteiger charge is 2.30. The monoisotopic (exact) mass is 286 g/mol. The van der Waals surface area contributed by atoms with E-state index in [1.807, 2.05) is 0 Å². The number of benzene rings is 1. The van der Waals surface area contributed by atoms with Crippen molar-refractivity contribution in [2.75, 3.05) is 26.2 Å². The lowest BCUT2D eigenvalue weighted by Crippen LogP contribution is -2.47. The normalized spacial score (nSPS) is 23.1. The van der Waals surface area contributed by atoms with Crippen LogP contribution in [0.2, 0.25) is 0 Å². The third-order valence-electron chi connectivity index (χ3n) is 5.51. The molecule has 0 bridgehead atoms. The first-order chi connectivity index (χ1) is 10.3. The first-order valence-corrected chi connectivity index (χ1v) is 8.77. The summed E-state index contributed by atoms with van der Waals surface area (Å²) in [7, 11) is 0. The molecule has 1 aliphatic heterocycles. The molecule has 0 spiro atoms. The number of nitrogens with zero attached hydrogens (tertiary/aromatic N) is 1. The van der Waals surface area contributed by atoms with Crippen molar-refractivity contribution in [1.82, 2.24) is 10.2 Å². The molecule has 2 aliphatic rings. The van der Waals surface area contributed by atoms with Gasteiger partial charge in [-0.15, -0.1) is 0 Å². The maximum atomic E-state index is 3.50. The summed E-state index contributed by atoms with van der Waals surface area (Å²) in [5.41, 5.74) is 4.43. The summed E-state index contributed by atoms with van der Waals surface area (Å²) >= 11 is 0. The fourth-order valence-corrected chi connectivity index (χ4v) is 4.14. The highest BCUT2D eigenvalue weighted by molar-refractivity contribution is 5.32. The SMILES string of the molecule is Cc1ccc([C@H](C2CCCCC2)N2CCNCC2)cc1C. The van der Waals surface area contributed by atoms with Gasteiger partial charge in [0.05, 0.1) is 0 Å². The second-order valence-electron chi connectivity index (χ2n) is 6.97. The maximum absolute atomic E-state index is 3.50.